The van der Waals surface area contributed by atoms with Crippen LogP contribution in [0, 0.1) is 5.92 Å². The maximum atomic E-state index is 10.3. The van der Waals surface area contributed by atoms with Crippen LogP contribution in [0.5, 0.6) is 0 Å². The first-order chi connectivity index (χ1) is 8.72. The first-order valence-electron chi connectivity index (χ1n) is 6.20. The van der Waals surface area contributed by atoms with Gasteiger partial charge in [-0.1, -0.05) is 24.3 Å². The summed E-state index contributed by atoms with van der Waals surface area (Å²) in [5.41, 5.74) is 2.71. The van der Waals surface area contributed by atoms with E-state index in [4.69, 9.17) is 0 Å². The number of aliphatic hydroxyl groups is 1. The van der Waals surface area contributed by atoms with Crippen LogP contribution in [0.4, 0.5) is 0 Å². The fourth-order valence-electron chi connectivity index (χ4n) is 2.62. The van der Waals surface area contributed by atoms with Gasteiger partial charge in [0, 0.05) is 6.42 Å². The second-order valence-electron chi connectivity index (χ2n) is 4.90. The Morgan fingerprint density at radius 3 is 2.56 bits per heavy atom. The van der Waals surface area contributed by atoms with Crippen LogP contribution in [0.3, 0.4) is 0 Å². The van der Waals surface area contributed by atoms with Crippen molar-refractivity contribution in [2.45, 2.75) is 25.4 Å². The summed E-state index contributed by atoms with van der Waals surface area (Å²) < 4.78 is 0. The van der Waals surface area contributed by atoms with Crippen molar-refractivity contribution in [2.75, 3.05) is 0 Å². The van der Waals surface area contributed by atoms with E-state index in [-0.39, 0.29) is 5.92 Å². The van der Waals surface area contributed by atoms with Gasteiger partial charge in [0.1, 0.15) is 0 Å². The standard InChI is InChI=1S/C13H16N4O/c1-17-15-13(14-16-17)8-12(18)11-6-9-4-2-3-5-10(9)7-11/h2-5,11-12,18H,6-8H2,1H3. The second kappa shape index (κ2) is 4.49. The van der Waals surface area contributed by atoms with E-state index >= 15 is 0 Å². The summed E-state index contributed by atoms with van der Waals surface area (Å²) in [7, 11) is 1.73. The quantitative estimate of drug-likeness (QED) is 0.855. The summed E-state index contributed by atoms with van der Waals surface area (Å²) in [5, 5.41) is 22.1. The van der Waals surface area contributed by atoms with Crippen LogP contribution in [0.25, 0.3) is 0 Å². The predicted octanol–water partition coefficient (Wildman–Crippen LogP) is 0.528. The van der Waals surface area contributed by atoms with Crippen molar-refractivity contribution in [3.8, 4) is 0 Å². The largest absolute Gasteiger partial charge is 0.392 e. The number of aliphatic hydroxyl groups excluding tert-OH is 1. The summed E-state index contributed by atoms with van der Waals surface area (Å²) in [4.78, 5) is 1.42. The van der Waals surface area contributed by atoms with Gasteiger partial charge in [0.2, 0.25) is 0 Å². The van der Waals surface area contributed by atoms with Gasteiger partial charge in [-0.25, -0.2) is 0 Å². The fourth-order valence-corrected chi connectivity index (χ4v) is 2.62. The van der Waals surface area contributed by atoms with Gasteiger partial charge in [-0.05, 0) is 35.1 Å². The SMILES string of the molecule is Cn1nnc(CC(O)C2Cc3ccccc3C2)n1. The van der Waals surface area contributed by atoms with Crippen molar-refractivity contribution >= 4 is 0 Å². The minimum atomic E-state index is -0.401. The molecule has 0 amide bonds. The molecule has 5 heteroatoms. The van der Waals surface area contributed by atoms with Crippen LogP contribution in [0.2, 0.25) is 0 Å². The van der Waals surface area contributed by atoms with E-state index in [1.165, 1.54) is 15.9 Å². The third-order valence-corrected chi connectivity index (χ3v) is 3.57. The molecule has 0 saturated carbocycles. The molecular formula is C13H16N4O. The molecule has 1 aromatic carbocycles. The van der Waals surface area contributed by atoms with E-state index < -0.39 is 6.10 Å². The Balaban J connectivity index is 1.67. The molecule has 0 bridgehead atoms. The molecule has 18 heavy (non-hydrogen) atoms. The number of hydrogen-bond donors (Lipinski definition) is 1. The number of nitrogens with zero attached hydrogens (tertiary/aromatic N) is 4. The molecule has 3 rings (SSSR count). The van der Waals surface area contributed by atoms with Crippen molar-refractivity contribution in [2.24, 2.45) is 13.0 Å². The van der Waals surface area contributed by atoms with Crippen LogP contribution in [-0.2, 0) is 26.3 Å². The second-order valence-corrected chi connectivity index (χ2v) is 4.90. The molecule has 5 nitrogen and oxygen atoms in total. The van der Waals surface area contributed by atoms with Gasteiger partial charge in [-0.15, -0.1) is 10.2 Å². The molecule has 1 aromatic heterocycles. The van der Waals surface area contributed by atoms with Crippen molar-refractivity contribution in [3.63, 3.8) is 0 Å². The molecule has 2 aromatic rings. The van der Waals surface area contributed by atoms with Gasteiger partial charge in [0.15, 0.2) is 5.82 Å². The summed E-state index contributed by atoms with van der Waals surface area (Å²) in [6.45, 7) is 0. The molecule has 0 aliphatic heterocycles. The Hall–Kier alpha value is -1.75. The Kier molecular flexibility index (Phi) is 2.83. The van der Waals surface area contributed by atoms with Gasteiger partial charge >= 0.3 is 0 Å². The molecule has 0 spiro atoms. The van der Waals surface area contributed by atoms with E-state index in [9.17, 15) is 5.11 Å². The van der Waals surface area contributed by atoms with E-state index in [0.717, 1.165) is 12.8 Å². The number of benzene rings is 1. The van der Waals surface area contributed by atoms with Crippen LogP contribution in [0.1, 0.15) is 17.0 Å². The predicted molar refractivity (Wildman–Crippen MR) is 65.8 cm³/mol. The Morgan fingerprint density at radius 2 is 2.00 bits per heavy atom. The molecule has 0 fully saturated rings. The van der Waals surface area contributed by atoms with Crippen molar-refractivity contribution in [3.05, 3.63) is 41.2 Å². The monoisotopic (exact) mass is 244 g/mol. The highest BCUT2D eigenvalue weighted by atomic mass is 16.3. The van der Waals surface area contributed by atoms with Crippen LogP contribution in [-0.4, -0.2) is 31.4 Å². The average molecular weight is 244 g/mol. The zero-order valence-corrected chi connectivity index (χ0v) is 10.3. The zero-order chi connectivity index (χ0) is 12.5. The molecule has 1 aliphatic carbocycles. The number of rotatable bonds is 3. The van der Waals surface area contributed by atoms with Gasteiger partial charge in [0.05, 0.1) is 13.2 Å². The maximum Gasteiger partial charge on any atom is 0.177 e. The van der Waals surface area contributed by atoms with Gasteiger partial charge in [0.25, 0.3) is 0 Å². The average Bonchev–Trinajstić information content (AvgIpc) is 2.95. The first kappa shape index (κ1) is 11.3. The summed E-state index contributed by atoms with van der Waals surface area (Å²) in [6, 6.07) is 8.39. The molecule has 0 saturated heterocycles. The van der Waals surface area contributed by atoms with Crippen LogP contribution < -0.4 is 0 Å². The van der Waals surface area contributed by atoms with E-state index in [2.05, 4.69) is 39.7 Å². The number of hydrogen-bond acceptors (Lipinski definition) is 4. The molecular weight excluding hydrogens is 228 g/mol. The normalized spacial score (nSPS) is 16.8. The van der Waals surface area contributed by atoms with E-state index in [1.807, 2.05) is 0 Å². The number of aryl methyl sites for hydroxylation is 1. The van der Waals surface area contributed by atoms with E-state index in [0.29, 0.717) is 12.2 Å². The number of fused-ring (bicyclic) bond motifs is 1. The first-order valence-corrected chi connectivity index (χ1v) is 6.20. The summed E-state index contributed by atoms with van der Waals surface area (Å²) in [6.07, 6.45) is 1.96. The maximum absolute atomic E-state index is 10.3. The third-order valence-electron chi connectivity index (χ3n) is 3.57. The molecule has 1 unspecified atom stereocenters. The van der Waals surface area contributed by atoms with Crippen molar-refractivity contribution < 1.29 is 5.11 Å². The van der Waals surface area contributed by atoms with Gasteiger partial charge < -0.3 is 5.11 Å². The molecule has 94 valence electrons. The van der Waals surface area contributed by atoms with Crippen LogP contribution in [0.15, 0.2) is 24.3 Å². The minimum Gasteiger partial charge on any atom is -0.392 e. The third kappa shape index (κ3) is 2.13. The number of aromatic nitrogens is 4. The highest BCUT2D eigenvalue weighted by molar-refractivity contribution is 5.32. The molecule has 1 heterocycles. The van der Waals surface area contributed by atoms with Crippen molar-refractivity contribution in [1.82, 2.24) is 20.2 Å². The van der Waals surface area contributed by atoms with Gasteiger partial charge in [-0.3, -0.25) is 0 Å². The summed E-state index contributed by atoms with van der Waals surface area (Å²) in [5.74, 6) is 0.882. The fraction of sp³-hybridized carbons (Fsp3) is 0.462. The van der Waals surface area contributed by atoms with E-state index in [1.54, 1.807) is 7.05 Å². The lowest BCUT2D eigenvalue weighted by Gasteiger charge is -2.15. The highest BCUT2D eigenvalue weighted by Gasteiger charge is 2.28. The van der Waals surface area contributed by atoms with Crippen molar-refractivity contribution in [1.29, 1.82) is 0 Å². The molecule has 0 radical (unpaired) electrons. The molecule has 1 N–H and O–H groups in total. The Morgan fingerprint density at radius 1 is 1.33 bits per heavy atom. The lowest BCUT2D eigenvalue weighted by Crippen LogP contribution is -2.24. The van der Waals surface area contributed by atoms with Gasteiger partial charge in [-0.2, -0.15) is 4.80 Å². The number of tetrazole rings is 1. The highest BCUT2D eigenvalue weighted by Crippen LogP contribution is 2.29. The topological polar surface area (TPSA) is 63.8 Å². The molecule has 1 aliphatic rings. The zero-order valence-electron chi connectivity index (χ0n) is 10.3. The Labute approximate surface area is 105 Å². The van der Waals surface area contributed by atoms with Crippen LogP contribution >= 0.6 is 0 Å². The minimum absolute atomic E-state index is 0.270. The smallest absolute Gasteiger partial charge is 0.177 e. The Bertz CT molecular complexity index is 526. The lowest BCUT2D eigenvalue weighted by atomic mass is 9.96. The molecule has 1 atom stereocenters. The summed E-state index contributed by atoms with van der Waals surface area (Å²) >= 11 is 0. The lowest BCUT2D eigenvalue weighted by molar-refractivity contribution is 0.110.